The molecule has 0 spiro atoms. The molecule has 1 heterocycles. The van der Waals surface area contributed by atoms with Crippen molar-refractivity contribution in [2.45, 2.75) is 18.7 Å². The molecule has 0 bridgehead atoms. The zero-order valence-corrected chi connectivity index (χ0v) is 13.4. The van der Waals surface area contributed by atoms with Gasteiger partial charge in [0.1, 0.15) is 0 Å². The van der Waals surface area contributed by atoms with E-state index >= 15 is 0 Å². The van der Waals surface area contributed by atoms with Gasteiger partial charge in [0.15, 0.2) is 0 Å². The molecule has 2 aromatic rings. The van der Waals surface area contributed by atoms with E-state index in [2.05, 4.69) is 20.0 Å². The monoisotopic (exact) mass is 336 g/mol. The summed E-state index contributed by atoms with van der Waals surface area (Å²) in [5.41, 5.74) is 0.736. The van der Waals surface area contributed by atoms with Crippen LogP contribution in [0.1, 0.15) is 13.8 Å². The van der Waals surface area contributed by atoms with E-state index in [9.17, 15) is 13.2 Å². The van der Waals surface area contributed by atoms with Crippen LogP contribution in [0, 0.1) is 0 Å². The Morgan fingerprint density at radius 3 is 2.26 bits per heavy atom. The van der Waals surface area contributed by atoms with E-state index in [-0.39, 0.29) is 22.5 Å². The highest BCUT2D eigenvalue weighted by atomic mass is 32.2. The van der Waals surface area contributed by atoms with Gasteiger partial charge in [-0.1, -0.05) is 0 Å². The number of carbonyl (C=O) groups excluding carboxylic acids is 1. The number of ether oxygens (including phenoxy) is 1. The summed E-state index contributed by atoms with van der Waals surface area (Å²) in [6, 6.07) is 5.97. The second-order valence-electron chi connectivity index (χ2n) is 4.50. The highest BCUT2D eigenvalue weighted by molar-refractivity contribution is 7.92. The van der Waals surface area contributed by atoms with Gasteiger partial charge in [-0.3, -0.25) is 9.52 Å². The van der Waals surface area contributed by atoms with Gasteiger partial charge in [-0.05, 0) is 31.2 Å². The number of amides is 1. The van der Waals surface area contributed by atoms with Crippen LogP contribution in [0.15, 0.2) is 41.6 Å². The van der Waals surface area contributed by atoms with Crippen LogP contribution in [0.3, 0.4) is 0 Å². The number of sulfonamides is 1. The van der Waals surface area contributed by atoms with E-state index in [1.165, 1.54) is 43.6 Å². The van der Waals surface area contributed by atoms with Crippen molar-refractivity contribution < 1.29 is 17.9 Å². The van der Waals surface area contributed by atoms with Crippen molar-refractivity contribution >= 4 is 27.3 Å². The van der Waals surface area contributed by atoms with Crippen LogP contribution in [-0.4, -0.2) is 30.9 Å². The van der Waals surface area contributed by atoms with Gasteiger partial charge < -0.3 is 10.1 Å². The Labute approximate surface area is 134 Å². The topological polar surface area (TPSA) is 110 Å². The number of nitrogens with zero attached hydrogens (tertiary/aromatic N) is 2. The van der Waals surface area contributed by atoms with Gasteiger partial charge in [0.25, 0.3) is 10.0 Å². The van der Waals surface area contributed by atoms with Crippen LogP contribution in [0.2, 0.25) is 0 Å². The Morgan fingerprint density at radius 1 is 1.13 bits per heavy atom. The van der Waals surface area contributed by atoms with Crippen LogP contribution >= 0.6 is 0 Å². The van der Waals surface area contributed by atoms with Crippen LogP contribution in [0.4, 0.5) is 11.4 Å². The average molecular weight is 336 g/mol. The summed E-state index contributed by atoms with van der Waals surface area (Å²) in [4.78, 5) is 18.8. The third kappa shape index (κ3) is 4.65. The lowest BCUT2D eigenvalue weighted by molar-refractivity contribution is -0.114. The largest absolute Gasteiger partial charge is 0.464 e. The summed E-state index contributed by atoms with van der Waals surface area (Å²) in [5, 5.41) is 2.56. The molecule has 0 aliphatic carbocycles. The minimum absolute atomic E-state index is 0.0560. The average Bonchev–Trinajstić information content (AvgIpc) is 2.49. The maximum atomic E-state index is 12.3. The Morgan fingerprint density at radius 2 is 1.74 bits per heavy atom. The van der Waals surface area contributed by atoms with Gasteiger partial charge >= 0.3 is 6.01 Å². The lowest BCUT2D eigenvalue weighted by atomic mass is 10.3. The first-order chi connectivity index (χ1) is 10.9. The first-order valence-corrected chi connectivity index (χ1v) is 8.24. The normalized spacial score (nSPS) is 10.9. The molecule has 0 aliphatic heterocycles. The fourth-order valence-corrected chi connectivity index (χ4v) is 2.74. The summed E-state index contributed by atoms with van der Waals surface area (Å²) in [6.07, 6.45) is 2.64. The summed E-state index contributed by atoms with van der Waals surface area (Å²) in [6.45, 7) is 3.59. The Hall–Kier alpha value is -2.68. The molecule has 0 saturated carbocycles. The number of hydrogen-bond donors (Lipinski definition) is 2. The molecule has 2 N–H and O–H groups in total. The molecule has 1 aromatic heterocycles. The van der Waals surface area contributed by atoms with Crippen LogP contribution in [0.25, 0.3) is 0 Å². The van der Waals surface area contributed by atoms with E-state index in [1.807, 2.05) is 0 Å². The van der Waals surface area contributed by atoms with Crippen molar-refractivity contribution in [1.29, 1.82) is 0 Å². The molecule has 9 heteroatoms. The third-order valence-corrected chi connectivity index (χ3v) is 4.04. The van der Waals surface area contributed by atoms with Crippen molar-refractivity contribution in [2.75, 3.05) is 16.6 Å². The molecule has 23 heavy (non-hydrogen) atoms. The summed E-state index contributed by atoms with van der Waals surface area (Å²) < 4.78 is 32.0. The van der Waals surface area contributed by atoms with Crippen molar-refractivity contribution in [1.82, 2.24) is 9.97 Å². The molecule has 0 saturated heterocycles. The van der Waals surface area contributed by atoms with E-state index in [4.69, 9.17) is 4.74 Å². The standard InChI is InChI=1S/C14H16N4O4S/c1-3-22-14-15-8-12(9-16-14)18-23(20,21)13-6-4-11(5-7-13)17-10(2)19/h4-9,18H,3H2,1-2H3,(H,17,19). The molecule has 8 nitrogen and oxygen atoms in total. The van der Waals surface area contributed by atoms with E-state index < -0.39 is 10.0 Å². The molecule has 0 fully saturated rings. The lowest BCUT2D eigenvalue weighted by Crippen LogP contribution is -2.14. The molecule has 0 radical (unpaired) electrons. The van der Waals surface area contributed by atoms with E-state index in [0.717, 1.165) is 0 Å². The number of hydrogen-bond acceptors (Lipinski definition) is 6. The van der Waals surface area contributed by atoms with Crippen LogP contribution < -0.4 is 14.8 Å². The van der Waals surface area contributed by atoms with E-state index in [0.29, 0.717) is 12.3 Å². The Bertz CT molecular complexity index is 773. The molecule has 1 aromatic carbocycles. The van der Waals surface area contributed by atoms with Gasteiger partial charge in [0.2, 0.25) is 5.91 Å². The van der Waals surface area contributed by atoms with E-state index in [1.54, 1.807) is 6.92 Å². The molecule has 122 valence electrons. The van der Waals surface area contributed by atoms with Crippen molar-refractivity contribution in [3.8, 4) is 6.01 Å². The first kappa shape index (κ1) is 16.7. The predicted octanol–water partition coefficient (Wildman–Crippen LogP) is 1.63. The third-order valence-electron chi connectivity index (χ3n) is 2.64. The quantitative estimate of drug-likeness (QED) is 0.829. The molecule has 0 atom stereocenters. The highest BCUT2D eigenvalue weighted by Gasteiger charge is 2.14. The maximum absolute atomic E-state index is 12.3. The fourth-order valence-electron chi connectivity index (χ4n) is 1.71. The molecule has 2 rings (SSSR count). The molecule has 1 amide bonds. The van der Waals surface area contributed by atoms with Crippen molar-refractivity contribution in [2.24, 2.45) is 0 Å². The molecule has 0 unspecified atom stereocenters. The van der Waals surface area contributed by atoms with Gasteiger partial charge in [-0.2, -0.15) is 0 Å². The molecular weight excluding hydrogens is 320 g/mol. The number of aromatic nitrogens is 2. The molecule has 0 aliphatic rings. The first-order valence-electron chi connectivity index (χ1n) is 6.76. The second kappa shape index (κ2) is 7.05. The van der Waals surface area contributed by atoms with Gasteiger partial charge in [0.05, 0.1) is 29.6 Å². The number of anilines is 2. The Balaban J connectivity index is 2.13. The minimum atomic E-state index is -3.77. The SMILES string of the molecule is CCOc1ncc(NS(=O)(=O)c2ccc(NC(C)=O)cc2)cn1. The summed E-state index contributed by atoms with van der Waals surface area (Å²) in [5.74, 6) is -0.231. The Kier molecular flexibility index (Phi) is 5.12. The van der Waals surface area contributed by atoms with Gasteiger partial charge in [-0.15, -0.1) is 0 Å². The minimum Gasteiger partial charge on any atom is -0.464 e. The summed E-state index contributed by atoms with van der Waals surface area (Å²) in [7, 11) is -3.77. The lowest BCUT2D eigenvalue weighted by Gasteiger charge is -2.09. The van der Waals surface area contributed by atoms with Crippen molar-refractivity contribution in [3.63, 3.8) is 0 Å². The number of carbonyl (C=O) groups is 1. The predicted molar refractivity (Wildman–Crippen MR) is 84.8 cm³/mol. The second-order valence-corrected chi connectivity index (χ2v) is 6.18. The maximum Gasteiger partial charge on any atom is 0.316 e. The smallest absolute Gasteiger partial charge is 0.316 e. The van der Waals surface area contributed by atoms with Gasteiger partial charge in [0, 0.05) is 12.6 Å². The highest BCUT2D eigenvalue weighted by Crippen LogP contribution is 2.18. The number of benzene rings is 1. The zero-order chi connectivity index (χ0) is 16.9. The van der Waals surface area contributed by atoms with Crippen LogP contribution in [-0.2, 0) is 14.8 Å². The van der Waals surface area contributed by atoms with Crippen LogP contribution in [0.5, 0.6) is 6.01 Å². The zero-order valence-electron chi connectivity index (χ0n) is 12.6. The summed E-state index contributed by atoms with van der Waals surface area (Å²) >= 11 is 0. The van der Waals surface area contributed by atoms with Crippen molar-refractivity contribution in [3.05, 3.63) is 36.7 Å². The number of rotatable bonds is 6. The fraction of sp³-hybridized carbons (Fsp3) is 0.214. The number of nitrogens with one attached hydrogen (secondary N) is 2. The molecular formula is C14H16N4O4S. The van der Waals surface area contributed by atoms with Gasteiger partial charge in [-0.25, -0.2) is 18.4 Å².